The minimum absolute atomic E-state index is 0.0261. The van der Waals surface area contributed by atoms with E-state index in [1.54, 1.807) is 0 Å². The summed E-state index contributed by atoms with van der Waals surface area (Å²) >= 11 is 2.04. The van der Waals surface area contributed by atoms with Gasteiger partial charge in [0.2, 0.25) is 0 Å². The van der Waals surface area contributed by atoms with Gasteiger partial charge >= 0.3 is 5.97 Å². The lowest BCUT2D eigenvalue weighted by Crippen LogP contribution is -2.56. The molecule has 5 heteroatoms. The molecule has 120 valence electrons. The minimum atomic E-state index is -0.0468. The third-order valence-corrected chi connectivity index (χ3v) is 6.34. The molecule has 0 radical (unpaired) electrons. The normalized spacial score (nSPS) is 33.8. The Labute approximate surface area is 131 Å². The predicted molar refractivity (Wildman–Crippen MR) is 84.6 cm³/mol. The van der Waals surface area contributed by atoms with E-state index in [1.165, 1.54) is 37.9 Å². The fourth-order valence-electron chi connectivity index (χ4n) is 4.16. The predicted octanol–water partition coefficient (Wildman–Crippen LogP) is 2.46. The minimum Gasteiger partial charge on any atom is -0.468 e. The largest absolute Gasteiger partial charge is 0.468 e. The number of thioether (sulfide) groups is 1. The standard InChI is InChI=1S/C16H27NO3S/c1-19-15(18)14-4-2-3-8-17(14)13-5-9-20-16(12-13)6-10-21-11-7-16/h13-14H,2-12H2,1H3/t13?,14-/m1/s1. The van der Waals surface area contributed by atoms with Crippen LogP contribution in [0.2, 0.25) is 0 Å². The highest BCUT2D eigenvalue weighted by molar-refractivity contribution is 7.99. The average Bonchev–Trinajstić information content (AvgIpc) is 2.55. The van der Waals surface area contributed by atoms with Crippen LogP contribution in [0.3, 0.4) is 0 Å². The van der Waals surface area contributed by atoms with Crippen LogP contribution in [0.4, 0.5) is 0 Å². The maximum absolute atomic E-state index is 12.1. The molecule has 0 aromatic carbocycles. The summed E-state index contributed by atoms with van der Waals surface area (Å²) in [4.78, 5) is 14.5. The molecule has 0 N–H and O–H groups in total. The molecular formula is C16H27NO3S. The fourth-order valence-corrected chi connectivity index (χ4v) is 5.39. The summed E-state index contributed by atoms with van der Waals surface area (Å²) in [6, 6.07) is 0.466. The molecule has 3 rings (SSSR count). The monoisotopic (exact) mass is 313 g/mol. The van der Waals surface area contributed by atoms with Gasteiger partial charge in [-0.3, -0.25) is 9.69 Å². The van der Waals surface area contributed by atoms with E-state index in [1.807, 2.05) is 11.8 Å². The fraction of sp³-hybridized carbons (Fsp3) is 0.938. The molecule has 0 aromatic heterocycles. The van der Waals surface area contributed by atoms with Gasteiger partial charge in [0.15, 0.2) is 0 Å². The van der Waals surface area contributed by atoms with Crippen LogP contribution >= 0.6 is 11.8 Å². The zero-order chi connectivity index (χ0) is 14.7. The second-order valence-corrected chi connectivity index (χ2v) is 7.79. The molecule has 0 aliphatic carbocycles. The molecule has 21 heavy (non-hydrogen) atoms. The van der Waals surface area contributed by atoms with E-state index in [0.29, 0.717) is 6.04 Å². The molecule has 1 unspecified atom stereocenters. The topological polar surface area (TPSA) is 38.8 Å². The average molecular weight is 313 g/mol. The van der Waals surface area contributed by atoms with Crippen molar-refractivity contribution in [1.29, 1.82) is 0 Å². The molecule has 0 saturated carbocycles. The van der Waals surface area contributed by atoms with Crippen molar-refractivity contribution in [3.05, 3.63) is 0 Å². The van der Waals surface area contributed by atoms with Crippen LogP contribution in [0.15, 0.2) is 0 Å². The highest BCUT2D eigenvalue weighted by atomic mass is 32.2. The van der Waals surface area contributed by atoms with Crippen LogP contribution in [0.1, 0.15) is 44.9 Å². The van der Waals surface area contributed by atoms with Crippen molar-refractivity contribution >= 4 is 17.7 Å². The van der Waals surface area contributed by atoms with Crippen molar-refractivity contribution in [1.82, 2.24) is 4.90 Å². The van der Waals surface area contributed by atoms with Gasteiger partial charge in [0.05, 0.1) is 12.7 Å². The number of esters is 1. The number of methoxy groups -OCH3 is 1. The van der Waals surface area contributed by atoms with E-state index < -0.39 is 0 Å². The number of hydrogen-bond donors (Lipinski definition) is 0. The summed E-state index contributed by atoms with van der Waals surface area (Å²) in [6.07, 6.45) is 7.79. The van der Waals surface area contributed by atoms with Crippen molar-refractivity contribution in [3.63, 3.8) is 0 Å². The number of piperidine rings is 1. The Balaban J connectivity index is 1.70. The molecule has 3 aliphatic rings. The van der Waals surface area contributed by atoms with Crippen molar-refractivity contribution in [3.8, 4) is 0 Å². The van der Waals surface area contributed by atoms with Gasteiger partial charge in [0.25, 0.3) is 0 Å². The molecule has 3 aliphatic heterocycles. The molecule has 3 fully saturated rings. The number of ether oxygens (including phenoxy) is 2. The first kappa shape index (κ1) is 15.6. The second kappa shape index (κ2) is 6.88. The van der Waals surface area contributed by atoms with E-state index >= 15 is 0 Å². The summed E-state index contributed by atoms with van der Waals surface area (Å²) in [7, 11) is 1.51. The third kappa shape index (κ3) is 3.40. The Morgan fingerprint density at radius 2 is 2.10 bits per heavy atom. The number of carbonyl (C=O) groups is 1. The summed E-state index contributed by atoms with van der Waals surface area (Å²) in [5.41, 5.74) is 0.0896. The summed E-state index contributed by atoms with van der Waals surface area (Å²) in [6.45, 7) is 1.88. The molecule has 0 amide bonds. The Bertz CT molecular complexity index is 365. The van der Waals surface area contributed by atoms with E-state index in [0.717, 1.165) is 38.8 Å². The van der Waals surface area contributed by atoms with Gasteiger partial charge in [-0.15, -0.1) is 0 Å². The molecular weight excluding hydrogens is 286 g/mol. The smallest absolute Gasteiger partial charge is 0.323 e. The van der Waals surface area contributed by atoms with Crippen molar-refractivity contribution in [2.75, 3.05) is 31.8 Å². The first-order valence-electron chi connectivity index (χ1n) is 8.29. The van der Waals surface area contributed by atoms with Gasteiger partial charge in [-0.05, 0) is 56.6 Å². The molecule has 0 aromatic rings. The van der Waals surface area contributed by atoms with Crippen LogP contribution in [0.25, 0.3) is 0 Å². The Hall–Kier alpha value is -0.260. The van der Waals surface area contributed by atoms with E-state index in [-0.39, 0.29) is 17.6 Å². The summed E-state index contributed by atoms with van der Waals surface area (Å²) < 4.78 is 11.2. The highest BCUT2D eigenvalue weighted by Gasteiger charge is 2.43. The molecule has 3 saturated heterocycles. The van der Waals surface area contributed by atoms with Crippen molar-refractivity contribution in [2.45, 2.75) is 62.6 Å². The van der Waals surface area contributed by atoms with E-state index in [9.17, 15) is 4.79 Å². The SMILES string of the molecule is COC(=O)[C@H]1CCCCN1C1CCOC2(CCSCC2)C1. The zero-order valence-corrected chi connectivity index (χ0v) is 13.8. The lowest BCUT2D eigenvalue weighted by Gasteiger charge is -2.48. The Morgan fingerprint density at radius 3 is 2.86 bits per heavy atom. The highest BCUT2D eigenvalue weighted by Crippen LogP contribution is 2.40. The van der Waals surface area contributed by atoms with Gasteiger partial charge in [-0.1, -0.05) is 6.42 Å². The maximum atomic E-state index is 12.1. The van der Waals surface area contributed by atoms with Crippen LogP contribution in [0, 0.1) is 0 Å². The number of likely N-dealkylation sites (tertiary alicyclic amines) is 1. The van der Waals surface area contributed by atoms with Crippen LogP contribution in [0.5, 0.6) is 0 Å². The van der Waals surface area contributed by atoms with Crippen LogP contribution in [-0.2, 0) is 14.3 Å². The quantitative estimate of drug-likeness (QED) is 0.732. The zero-order valence-electron chi connectivity index (χ0n) is 13.0. The lowest BCUT2D eigenvalue weighted by atomic mass is 9.83. The van der Waals surface area contributed by atoms with Gasteiger partial charge < -0.3 is 9.47 Å². The molecule has 2 atom stereocenters. The number of rotatable bonds is 2. The third-order valence-electron chi connectivity index (χ3n) is 5.36. The molecule has 0 bridgehead atoms. The number of nitrogens with zero attached hydrogens (tertiary/aromatic N) is 1. The second-order valence-electron chi connectivity index (χ2n) is 6.56. The van der Waals surface area contributed by atoms with Gasteiger partial charge in [-0.2, -0.15) is 11.8 Å². The number of hydrogen-bond acceptors (Lipinski definition) is 5. The van der Waals surface area contributed by atoms with Crippen molar-refractivity contribution < 1.29 is 14.3 Å². The van der Waals surface area contributed by atoms with Crippen LogP contribution in [-0.4, -0.2) is 60.3 Å². The van der Waals surface area contributed by atoms with Gasteiger partial charge in [0.1, 0.15) is 6.04 Å². The molecule has 3 heterocycles. The van der Waals surface area contributed by atoms with E-state index in [2.05, 4.69) is 4.90 Å². The Kier molecular flexibility index (Phi) is 5.12. The van der Waals surface area contributed by atoms with Crippen molar-refractivity contribution in [2.24, 2.45) is 0 Å². The lowest BCUT2D eigenvalue weighted by molar-refractivity contribution is -0.155. The summed E-state index contributed by atoms with van der Waals surface area (Å²) in [5, 5.41) is 0. The van der Waals surface area contributed by atoms with Crippen LogP contribution < -0.4 is 0 Å². The summed E-state index contributed by atoms with van der Waals surface area (Å²) in [5.74, 6) is 2.38. The molecule has 4 nitrogen and oxygen atoms in total. The first-order chi connectivity index (χ1) is 10.2. The Morgan fingerprint density at radius 1 is 1.29 bits per heavy atom. The van der Waals surface area contributed by atoms with E-state index in [4.69, 9.17) is 9.47 Å². The maximum Gasteiger partial charge on any atom is 0.323 e. The molecule has 1 spiro atoms. The van der Waals surface area contributed by atoms with Gasteiger partial charge in [0, 0.05) is 12.6 Å². The first-order valence-corrected chi connectivity index (χ1v) is 9.45. The van der Waals surface area contributed by atoms with Gasteiger partial charge in [-0.25, -0.2) is 0 Å². The number of carbonyl (C=O) groups excluding carboxylic acids is 1.